The fourth-order valence-corrected chi connectivity index (χ4v) is 1.20. The second kappa shape index (κ2) is 5.37. The molecule has 0 fully saturated rings. The molecule has 3 nitrogen and oxygen atoms in total. The van der Waals surface area contributed by atoms with Gasteiger partial charge in [0, 0.05) is 11.6 Å². The van der Waals surface area contributed by atoms with Gasteiger partial charge >= 0.3 is 7.69 Å². The zero-order valence-corrected chi connectivity index (χ0v) is 7.88. The lowest BCUT2D eigenvalue weighted by atomic mass is 10.1. The number of aromatic nitrogens is 1. The Balaban J connectivity index is 0.000000293. The van der Waals surface area contributed by atoms with Crippen LogP contribution in [0.2, 0.25) is 0 Å². The summed E-state index contributed by atoms with van der Waals surface area (Å²) in [6, 6.07) is 10.3. The molecular formula is C10H11BNO2. The largest absolute Gasteiger partial charge is 0.482 e. The van der Waals surface area contributed by atoms with E-state index in [1.54, 1.807) is 0 Å². The Morgan fingerprint density at radius 3 is 2.64 bits per heavy atom. The number of pyridine rings is 1. The van der Waals surface area contributed by atoms with E-state index in [1.807, 2.05) is 18.3 Å². The highest BCUT2D eigenvalue weighted by molar-refractivity contribution is 6.13. The molecule has 1 aromatic carbocycles. The molecule has 2 rings (SSSR count). The van der Waals surface area contributed by atoms with Gasteiger partial charge in [-0.25, -0.2) is 0 Å². The first kappa shape index (κ1) is 10.7. The van der Waals surface area contributed by atoms with Crippen molar-refractivity contribution in [3.8, 4) is 0 Å². The van der Waals surface area contributed by atoms with Crippen LogP contribution in [0.4, 0.5) is 0 Å². The van der Waals surface area contributed by atoms with Gasteiger partial charge in [-0.15, -0.1) is 0 Å². The molecule has 1 radical (unpaired) electrons. The molecule has 14 heavy (non-hydrogen) atoms. The average molecular weight is 188 g/mol. The molecule has 0 unspecified atom stereocenters. The summed E-state index contributed by atoms with van der Waals surface area (Å²) in [6.45, 7) is 2.09. The molecule has 1 aromatic heterocycles. The summed E-state index contributed by atoms with van der Waals surface area (Å²) in [4.78, 5) is 4.22. The van der Waals surface area contributed by atoms with Crippen molar-refractivity contribution in [1.29, 1.82) is 0 Å². The van der Waals surface area contributed by atoms with E-state index >= 15 is 0 Å². The highest BCUT2D eigenvalue weighted by Crippen LogP contribution is 2.11. The number of nitrogens with zero attached hydrogens (tertiary/aromatic N) is 1. The molecule has 0 bridgehead atoms. The van der Waals surface area contributed by atoms with Crippen LogP contribution in [0.15, 0.2) is 36.5 Å². The van der Waals surface area contributed by atoms with Gasteiger partial charge in [-0.3, -0.25) is 4.98 Å². The summed E-state index contributed by atoms with van der Waals surface area (Å²) in [6.07, 6.45) is 1.82. The minimum Gasteiger partial charge on any atom is -0.429 e. The van der Waals surface area contributed by atoms with Gasteiger partial charge < -0.3 is 10.0 Å². The molecule has 4 heteroatoms. The molecule has 0 saturated carbocycles. The number of aryl methyl sites for hydroxylation is 1. The van der Waals surface area contributed by atoms with E-state index < -0.39 is 0 Å². The molecule has 0 aliphatic heterocycles. The first-order valence-electron chi connectivity index (χ1n) is 4.19. The van der Waals surface area contributed by atoms with Crippen molar-refractivity contribution in [2.45, 2.75) is 6.92 Å². The number of hydrogen-bond donors (Lipinski definition) is 2. The molecule has 0 amide bonds. The number of rotatable bonds is 0. The molecule has 2 N–H and O–H groups in total. The fourth-order valence-electron chi connectivity index (χ4n) is 1.20. The predicted octanol–water partition coefficient (Wildman–Crippen LogP) is 1.05. The number of benzene rings is 1. The van der Waals surface area contributed by atoms with E-state index in [1.165, 1.54) is 10.9 Å². The fraction of sp³-hybridized carbons (Fsp3) is 0.100. The lowest BCUT2D eigenvalue weighted by Gasteiger charge is -1.95. The van der Waals surface area contributed by atoms with Crippen LogP contribution in [-0.2, 0) is 0 Å². The molecule has 0 saturated heterocycles. The summed E-state index contributed by atoms with van der Waals surface area (Å²) >= 11 is 0. The third-order valence-electron chi connectivity index (χ3n) is 1.76. The van der Waals surface area contributed by atoms with Crippen LogP contribution in [0.3, 0.4) is 0 Å². The lowest BCUT2D eigenvalue weighted by Crippen LogP contribution is -1.77. The van der Waals surface area contributed by atoms with Crippen molar-refractivity contribution in [1.82, 2.24) is 4.98 Å². The Morgan fingerprint density at radius 2 is 1.93 bits per heavy atom. The monoisotopic (exact) mass is 188 g/mol. The van der Waals surface area contributed by atoms with Crippen molar-refractivity contribution in [3.63, 3.8) is 0 Å². The maximum Gasteiger partial charge on any atom is 0.482 e. The average Bonchev–Trinajstić information content (AvgIpc) is 2.19. The highest BCUT2D eigenvalue weighted by Gasteiger charge is 1.90. The first-order valence-corrected chi connectivity index (χ1v) is 4.19. The van der Waals surface area contributed by atoms with E-state index in [0.29, 0.717) is 0 Å². The van der Waals surface area contributed by atoms with E-state index in [4.69, 9.17) is 10.0 Å². The normalized spacial score (nSPS) is 9.07. The Bertz CT molecular complexity index is 406. The van der Waals surface area contributed by atoms with Crippen molar-refractivity contribution in [3.05, 3.63) is 42.1 Å². The summed E-state index contributed by atoms with van der Waals surface area (Å²) in [5.41, 5.74) is 2.35. The molecule has 71 valence electrons. The van der Waals surface area contributed by atoms with Crippen molar-refractivity contribution in [2.75, 3.05) is 0 Å². The standard InChI is InChI=1S/C10H9N.BH2O2/c1-8-4-5-10-9(7-8)3-2-6-11-10;2-1-3/h2-7H,1H3;2-3H. The molecule has 0 aliphatic carbocycles. The van der Waals surface area contributed by atoms with Gasteiger partial charge in [0.25, 0.3) is 0 Å². The molecular weight excluding hydrogens is 177 g/mol. The summed E-state index contributed by atoms with van der Waals surface area (Å²) in [5, 5.41) is 15.2. The van der Waals surface area contributed by atoms with Gasteiger partial charge in [0.15, 0.2) is 0 Å². The van der Waals surface area contributed by atoms with Crippen molar-refractivity contribution in [2.24, 2.45) is 0 Å². The van der Waals surface area contributed by atoms with Gasteiger partial charge in [-0.1, -0.05) is 17.7 Å². The maximum absolute atomic E-state index is 7.00. The van der Waals surface area contributed by atoms with Crippen molar-refractivity contribution >= 4 is 18.6 Å². The van der Waals surface area contributed by atoms with Gasteiger partial charge in [0.2, 0.25) is 0 Å². The van der Waals surface area contributed by atoms with Gasteiger partial charge in [-0.05, 0) is 25.1 Å². The van der Waals surface area contributed by atoms with E-state index in [2.05, 4.69) is 30.1 Å². The Morgan fingerprint density at radius 1 is 1.21 bits per heavy atom. The predicted molar refractivity (Wildman–Crippen MR) is 56.7 cm³/mol. The summed E-state index contributed by atoms with van der Waals surface area (Å²) in [5.74, 6) is 0. The van der Waals surface area contributed by atoms with Gasteiger partial charge in [-0.2, -0.15) is 0 Å². The van der Waals surface area contributed by atoms with Crippen LogP contribution in [0, 0.1) is 6.92 Å². The van der Waals surface area contributed by atoms with Crippen LogP contribution < -0.4 is 0 Å². The van der Waals surface area contributed by atoms with E-state index in [-0.39, 0.29) is 7.69 Å². The first-order chi connectivity index (χ1) is 6.77. The van der Waals surface area contributed by atoms with Crippen LogP contribution in [0.1, 0.15) is 5.56 Å². The van der Waals surface area contributed by atoms with Gasteiger partial charge in [0.05, 0.1) is 5.52 Å². The smallest absolute Gasteiger partial charge is 0.429 e. The molecule has 2 aromatic rings. The van der Waals surface area contributed by atoms with Gasteiger partial charge in [0.1, 0.15) is 0 Å². The minimum absolute atomic E-state index is 0. The van der Waals surface area contributed by atoms with Crippen molar-refractivity contribution < 1.29 is 10.0 Å². The molecule has 0 atom stereocenters. The second-order valence-corrected chi connectivity index (χ2v) is 2.82. The maximum atomic E-state index is 7.00. The minimum atomic E-state index is 0. The topological polar surface area (TPSA) is 53.4 Å². The van der Waals surface area contributed by atoms with Crippen LogP contribution >= 0.6 is 0 Å². The number of hydrogen-bond acceptors (Lipinski definition) is 3. The molecule has 0 spiro atoms. The van der Waals surface area contributed by atoms with E-state index in [0.717, 1.165) is 5.52 Å². The number of fused-ring (bicyclic) bond motifs is 1. The Labute approximate surface area is 83.3 Å². The van der Waals surface area contributed by atoms with E-state index in [9.17, 15) is 0 Å². The van der Waals surface area contributed by atoms with Crippen LogP contribution in [0.5, 0.6) is 0 Å². The Kier molecular flexibility index (Phi) is 4.10. The highest BCUT2D eigenvalue weighted by atomic mass is 16.4. The molecule has 0 aliphatic rings. The quantitative estimate of drug-likeness (QED) is 0.607. The Hall–Kier alpha value is -1.39. The zero-order valence-electron chi connectivity index (χ0n) is 7.88. The van der Waals surface area contributed by atoms with Crippen LogP contribution in [0.25, 0.3) is 10.9 Å². The summed E-state index contributed by atoms with van der Waals surface area (Å²) < 4.78 is 0. The summed E-state index contributed by atoms with van der Waals surface area (Å²) in [7, 11) is 0. The third-order valence-corrected chi connectivity index (χ3v) is 1.76. The molecule has 1 heterocycles. The lowest BCUT2D eigenvalue weighted by molar-refractivity contribution is 0.448. The SMILES string of the molecule is Cc1ccc2ncccc2c1.O[B]O. The zero-order chi connectivity index (χ0) is 10.4. The second-order valence-electron chi connectivity index (χ2n) is 2.82. The van der Waals surface area contributed by atoms with Crippen LogP contribution in [-0.4, -0.2) is 22.7 Å². The third kappa shape index (κ3) is 2.83.